The maximum Gasteiger partial charge on any atom is 0.254 e. The van der Waals surface area contributed by atoms with Crippen molar-refractivity contribution in [1.29, 1.82) is 0 Å². The summed E-state index contributed by atoms with van der Waals surface area (Å²) >= 11 is 0. The van der Waals surface area contributed by atoms with Crippen LogP contribution in [0.15, 0.2) is 23.1 Å². The summed E-state index contributed by atoms with van der Waals surface area (Å²) in [6, 6.07) is 4.54. The van der Waals surface area contributed by atoms with Gasteiger partial charge < -0.3 is 4.90 Å². The van der Waals surface area contributed by atoms with Crippen molar-refractivity contribution >= 4 is 15.9 Å². The number of carbonyl (C=O) groups is 1. The highest BCUT2D eigenvalue weighted by molar-refractivity contribution is 7.89. The number of amides is 1. The molecule has 1 aliphatic heterocycles. The number of carbonyl (C=O) groups excluding carboxylic acids is 1. The molecular weight excluding hydrogens is 276 g/mol. The summed E-state index contributed by atoms with van der Waals surface area (Å²) in [5, 5.41) is 5.14. The molecular formula is C14H20N2O3S. The molecule has 1 aromatic rings. The van der Waals surface area contributed by atoms with E-state index in [1.807, 2.05) is 6.92 Å². The van der Waals surface area contributed by atoms with E-state index in [-0.39, 0.29) is 10.8 Å². The Morgan fingerprint density at radius 1 is 1.25 bits per heavy atom. The lowest BCUT2D eigenvalue weighted by atomic mass is 10.0. The Hall–Kier alpha value is -1.40. The first kappa shape index (κ1) is 15.0. The van der Waals surface area contributed by atoms with E-state index in [9.17, 15) is 13.2 Å². The number of likely N-dealkylation sites (tertiary alicyclic amines) is 1. The van der Waals surface area contributed by atoms with Gasteiger partial charge in [-0.05, 0) is 43.4 Å². The van der Waals surface area contributed by atoms with Gasteiger partial charge >= 0.3 is 0 Å². The molecule has 0 saturated carbocycles. The third kappa shape index (κ3) is 3.19. The number of nitrogens with two attached hydrogens (primary N) is 1. The highest BCUT2D eigenvalue weighted by Gasteiger charge is 2.22. The number of piperidine rings is 1. The van der Waals surface area contributed by atoms with Gasteiger partial charge in [-0.3, -0.25) is 4.79 Å². The van der Waals surface area contributed by atoms with E-state index in [0.29, 0.717) is 12.0 Å². The fourth-order valence-corrected chi connectivity index (χ4v) is 3.05. The zero-order chi connectivity index (χ0) is 14.8. The molecule has 1 aromatic carbocycles. The van der Waals surface area contributed by atoms with Crippen LogP contribution in [0.25, 0.3) is 0 Å². The van der Waals surface area contributed by atoms with Crippen LogP contribution in [0.2, 0.25) is 0 Å². The van der Waals surface area contributed by atoms with Gasteiger partial charge in [-0.2, -0.15) is 0 Å². The van der Waals surface area contributed by atoms with Crippen LogP contribution in [-0.2, 0) is 16.4 Å². The van der Waals surface area contributed by atoms with E-state index in [1.165, 1.54) is 12.1 Å². The lowest BCUT2D eigenvalue weighted by Gasteiger charge is -2.27. The Labute approximate surface area is 119 Å². The van der Waals surface area contributed by atoms with Crippen LogP contribution in [0, 0.1) is 0 Å². The van der Waals surface area contributed by atoms with Crippen molar-refractivity contribution in [2.45, 2.75) is 37.5 Å². The lowest BCUT2D eigenvalue weighted by Crippen LogP contribution is -2.36. The molecule has 110 valence electrons. The highest BCUT2D eigenvalue weighted by Crippen LogP contribution is 2.20. The van der Waals surface area contributed by atoms with E-state index in [4.69, 9.17) is 5.14 Å². The van der Waals surface area contributed by atoms with E-state index < -0.39 is 10.0 Å². The Kier molecular flexibility index (Phi) is 4.45. The van der Waals surface area contributed by atoms with Crippen LogP contribution in [-0.4, -0.2) is 32.3 Å². The lowest BCUT2D eigenvalue weighted by molar-refractivity contribution is 0.0723. The van der Waals surface area contributed by atoms with Gasteiger partial charge in [0.25, 0.3) is 5.91 Å². The van der Waals surface area contributed by atoms with Gasteiger partial charge in [-0.1, -0.05) is 13.0 Å². The molecule has 1 amide bonds. The quantitative estimate of drug-likeness (QED) is 0.918. The van der Waals surface area contributed by atoms with Gasteiger partial charge in [0.1, 0.15) is 0 Å². The summed E-state index contributed by atoms with van der Waals surface area (Å²) in [5.74, 6) is -0.0907. The van der Waals surface area contributed by atoms with Crippen molar-refractivity contribution in [2.75, 3.05) is 13.1 Å². The SMILES string of the molecule is CCc1ccc(S(N)(=O)=O)cc1C(=O)N1CCCCC1. The number of aryl methyl sites for hydroxylation is 1. The second-order valence-electron chi connectivity index (χ2n) is 5.07. The van der Waals surface area contributed by atoms with Crippen molar-refractivity contribution in [1.82, 2.24) is 4.90 Å². The Morgan fingerprint density at radius 3 is 2.45 bits per heavy atom. The van der Waals surface area contributed by atoms with Crippen LogP contribution in [0.3, 0.4) is 0 Å². The summed E-state index contributed by atoms with van der Waals surface area (Å²) in [4.78, 5) is 14.3. The average molecular weight is 296 g/mol. The zero-order valence-electron chi connectivity index (χ0n) is 11.6. The molecule has 1 aliphatic rings. The first-order chi connectivity index (χ1) is 9.43. The fourth-order valence-electron chi connectivity index (χ4n) is 2.51. The largest absolute Gasteiger partial charge is 0.339 e. The molecule has 20 heavy (non-hydrogen) atoms. The van der Waals surface area contributed by atoms with Crippen molar-refractivity contribution in [3.63, 3.8) is 0 Å². The maximum absolute atomic E-state index is 12.5. The molecule has 0 radical (unpaired) electrons. The van der Waals surface area contributed by atoms with Crippen molar-refractivity contribution in [3.8, 4) is 0 Å². The summed E-state index contributed by atoms with van der Waals surface area (Å²) < 4.78 is 22.9. The summed E-state index contributed by atoms with van der Waals surface area (Å²) in [6.07, 6.45) is 3.82. The second kappa shape index (κ2) is 5.93. The van der Waals surface area contributed by atoms with Crippen LogP contribution >= 0.6 is 0 Å². The summed E-state index contributed by atoms with van der Waals surface area (Å²) in [7, 11) is -3.79. The normalized spacial score (nSPS) is 16.2. The summed E-state index contributed by atoms with van der Waals surface area (Å²) in [6.45, 7) is 3.42. The predicted molar refractivity (Wildman–Crippen MR) is 76.9 cm³/mol. The minimum Gasteiger partial charge on any atom is -0.339 e. The van der Waals surface area contributed by atoms with Crippen LogP contribution < -0.4 is 5.14 Å². The Morgan fingerprint density at radius 2 is 1.90 bits per heavy atom. The van der Waals surface area contributed by atoms with Crippen molar-refractivity contribution in [3.05, 3.63) is 29.3 Å². The molecule has 1 heterocycles. The van der Waals surface area contributed by atoms with Gasteiger partial charge in [0.2, 0.25) is 10.0 Å². The molecule has 0 aliphatic carbocycles. The van der Waals surface area contributed by atoms with Gasteiger partial charge in [0.15, 0.2) is 0 Å². The third-order valence-corrected chi connectivity index (χ3v) is 4.58. The van der Waals surface area contributed by atoms with E-state index >= 15 is 0 Å². The number of sulfonamides is 1. The minimum atomic E-state index is -3.79. The number of benzene rings is 1. The van der Waals surface area contributed by atoms with Crippen molar-refractivity contribution in [2.24, 2.45) is 5.14 Å². The Balaban J connectivity index is 2.39. The number of hydrogen-bond acceptors (Lipinski definition) is 3. The standard InChI is InChI=1S/C14H20N2O3S/c1-2-11-6-7-12(20(15,18)19)10-13(11)14(17)16-8-4-3-5-9-16/h6-7,10H,2-5,8-9H2,1H3,(H2,15,18,19). The maximum atomic E-state index is 12.5. The highest BCUT2D eigenvalue weighted by atomic mass is 32.2. The molecule has 0 unspecified atom stereocenters. The number of hydrogen-bond donors (Lipinski definition) is 1. The van der Waals surface area contributed by atoms with E-state index in [1.54, 1.807) is 11.0 Å². The van der Waals surface area contributed by atoms with Crippen LogP contribution in [0.1, 0.15) is 42.1 Å². The monoisotopic (exact) mass is 296 g/mol. The van der Waals surface area contributed by atoms with Gasteiger partial charge in [-0.15, -0.1) is 0 Å². The van der Waals surface area contributed by atoms with Crippen LogP contribution in [0.5, 0.6) is 0 Å². The molecule has 2 rings (SSSR count). The zero-order valence-corrected chi connectivity index (χ0v) is 12.4. The molecule has 0 aromatic heterocycles. The minimum absolute atomic E-state index is 0.00457. The van der Waals surface area contributed by atoms with E-state index in [2.05, 4.69) is 0 Å². The van der Waals surface area contributed by atoms with E-state index in [0.717, 1.165) is 37.9 Å². The predicted octanol–water partition coefficient (Wildman–Crippen LogP) is 1.52. The third-order valence-electron chi connectivity index (χ3n) is 3.66. The van der Waals surface area contributed by atoms with Gasteiger partial charge in [0, 0.05) is 18.7 Å². The first-order valence-corrected chi connectivity index (χ1v) is 8.43. The average Bonchev–Trinajstić information content (AvgIpc) is 2.45. The molecule has 6 heteroatoms. The smallest absolute Gasteiger partial charge is 0.254 e. The molecule has 5 nitrogen and oxygen atoms in total. The molecule has 1 saturated heterocycles. The van der Waals surface area contributed by atoms with Crippen LogP contribution in [0.4, 0.5) is 0 Å². The fraction of sp³-hybridized carbons (Fsp3) is 0.500. The van der Waals surface area contributed by atoms with Crippen molar-refractivity contribution < 1.29 is 13.2 Å². The first-order valence-electron chi connectivity index (χ1n) is 6.88. The molecule has 0 atom stereocenters. The molecule has 1 fully saturated rings. The van der Waals surface area contributed by atoms with Gasteiger partial charge in [-0.25, -0.2) is 13.6 Å². The number of nitrogens with zero attached hydrogens (tertiary/aromatic N) is 1. The second-order valence-corrected chi connectivity index (χ2v) is 6.63. The number of primary sulfonamides is 1. The molecule has 0 spiro atoms. The summed E-state index contributed by atoms with van der Waals surface area (Å²) in [5.41, 5.74) is 1.31. The molecule has 2 N–H and O–H groups in total. The molecule has 0 bridgehead atoms. The number of rotatable bonds is 3. The van der Waals surface area contributed by atoms with Gasteiger partial charge in [0.05, 0.1) is 4.90 Å². The Bertz CT molecular complexity index is 605. The topological polar surface area (TPSA) is 80.5 Å².